The minimum absolute atomic E-state index is 0.190. The van der Waals surface area contributed by atoms with Crippen molar-refractivity contribution in [2.75, 3.05) is 26.7 Å². The molecule has 0 saturated carbocycles. The second-order valence-corrected chi connectivity index (χ2v) is 10.0. The van der Waals surface area contributed by atoms with E-state index in [9.17, 15) is 4.79 Å². The Kier molecular flexibility index (Phi) is 9.68. The number of carbonyl (C=O) groups is 1. The van der Waals surface area contributed by atoms with Gasteiger partial charge in [0.15, 0.2) is 0 Å². The smallest absolute Gasteiger partial charge is 0.223 e. The van der Waals surface area contributed by atoms with Crippen molar-refractivity contribution in [3.05, 3.63) is 34.9 Å². The minimum Gasteiger partial charge on any atom is -0.355 e. The zero-order valence-corrected chi connectivity index (χ0v) is 19.7. The highest BCUT2D eigenvalue weighted by Gasteiger charge is 2.46. The third kappa shape index (κ3) is 8.12. The molecule has 2 aliphatic rings. The van der Waals surface area contributed by atoms with Crippen molar-refractivity contribution < 1.29 is 9.28 Å². The molecule has 164 valence electrons. The monoisotopic (exact) mass is 401 g/mol. The number of carbonyl (C=O) groups excluding carboxylic acids is 1. The number of hydrogen-bond acceptors (Lipinski definition) is 1. The van der Waals surface area contributed by atoms with Gasteiger partial charge in [-0.15, -0.1) is 0 Å². The number of fused-ring (bicyclic) bond motifs is 1. The lowest BCUT2D eigenvalue weighted by molar-refractivity contribution is -0.927. The van der Waals surface area contributed by atoms with Crippen molar-refractivity contribution in [1.29, 1.82) is 0 Å². The highest BCUT2D eigenvalue weighted by molar-refractivity contribution is 5.77. The largest absolute Gasteiger partial charge is 0.355 e. The van der Waals surface area contributed by atoms with Crippen LogP contribution in [-0.4, -0.2) is 43.1 Å². The fourth-order valence-electron chi connectivity index (χ4n) is 5.14. The molecule has 3 atom stereocenters. The SMILES string of the molecule is CC(C)=CCC/C(C)=C/CC/C(C)=C/CC(=O)NC[C@H]1CC[N@@+]2(C)CCCC[C@@H]12. The lowest BCUT2D eigenvalue weighted by atomic mass is 9.92. The van der Waals surface area contributed by atoms with Gasteiger partial charge in [-0.05, 0) is 66.2 Å². The van der Waals surface area contributed by atoms with Gasteiger partial charge in [0.05, 0.1) is 26.2 Å². The molecule has 0 aromatic rings. The molecule has 0 aromatic carbocycles. The van der Waals surface area contributed by atoms with Gasteiger partial charge in [0.1, 0.15) is 0 Å². The number of amides is 1. The van der Waals surface area contributed by atoms with Crippen LogP contribution in [0.15, 0.2) is 34.9 Å². The molecule has 2 rings (SSSR count). The molecule has 3 nitrogen and oxygen atoms in total. The summed E-state index contributed by atoms with van der Waals surface area (Å²) in [5.41, 5.74) is 4.19. The quantitative estimate of drug-likeness (QED) is 0.357. The van der Waals surface area contributed by atoms with Crippen LogP contribution in [0.4, 0.5) is 0 Å². The Balaban J connectivity index is 1.65. The molecule has 1 amide bonds. The van der Waals surface area contributed by atoms with E-state index in [4.69, 9.17) is 0 Å². The van der Waals surface area contributed by atoms with Gasteiger partial charge in [0.2, 0.25) is 5.91 Å². The number of rotatable bonds is 10. The Morgan fingerprint density at radius 3 is 2.34 bits per heavy atom. The maximum atomic E-state index is 12.3. The van der Waals surface area contributed by atoms with Gasteiger partial charge in [-0.25, -0.2) is 0 Å². The van der Waals surface area contributed by atoms with Gasteiger partial charge < -0.3 is 9.80 Å². The number of allylic oxidation sites excluding steroid dienone is 5. The summed E-state index contributed by atoms with van der Waals surface area (Å²) in [6.07, 6.45) is 17.1. The average molecular weight is 402 g/mol. The third-order valence-electron chi connectivity index (χ3n) is 7.09. The van der Waals surface area contributed by atoms with Gasteiger partial charge in [-0.3, -0.25) is 4.79 Å². The molecule has 0 spiro atoms. The van der Waals surface area contributed by atoms with E-state index in [0.717, 1.165) is 38.3 Å². The van der Waals surface area contributed by atoms with Crippen LogP contribution in [0.5, 0.6) is 0 Å². The normalized spacial score (nSPS) is 27.5. The maximum Gasteiger partial charge on any atom is 0.223 e. The van der Waals surface area contributed by atoms with Crippen molar-refractivity contribution in [3.8, 4) is 0 Å². The van der Waals surface area contributed by atoms with Crippen LogP contribution in [0, 0.1) is 5.92 Å². The predicted octanol–water partition coefficient (Wildman–Crippen LogP) is 5.93. The molecule has 2 heterocycles. The average Bonchev–Trinajstić information content (AvgIpc) is 3.01. The summed E-state index contributed by atoms with van der Waals surface area (Å²) >= 11 is 0. The van der Waals surface area contributed by atoms with Gasteiger partial charge in [-0.2, -0.15) is 0 Å². The second kappa shape index (κ2) is 11.7. The van der Waals surface area contributed by atoms with E-state index in [1.165, 1.54) is 60.0 Å². The van der Waals surface area contributed by atoms with Crippen LogP contribution in [0.25, 0.3) is 0 Å². The molecule has 0 radical (unpaired) electrons. The van der Waals surface area contributed by atoms with E-state index in [2.05, 4.69) is 58.3 Å². The van der Waals surface area contributed by atoms with Gasteiger partial charge in [-0.1, -0.05) is 34.9 Å². The molecular weight excluding hydrogens is 356 g/mol. The van der Waals surface area contributed by atoms with Gasteiger partial charge >= 0.3 is 0 Å². The standard InChI is InChI=1S/C26H44N2O/c1-21(2)10-8-11-22(3)12-9-13-23(4)15-16-26(29)27-20-24-17-19-28(5)18-7-6-14-25(24)28/h10,12,15,24-25H,6-9,11,13-14,16-20H2,1-5H3/p+1/b22-12+,23-15+/t24-,25+,28-/m1/s1. The van der Waals surface area contributed by atoms with Crippen molar-refractivity contribution in [2.45, 2.75) is 91.5 Å². The molecule has 3 heteroatoms. The third-order valence-corrected chi connectivity index (χ3v) is 7.09. The van der Waals surface area contributed by atoms with Gasteiger partial charge in [0.25, 0.3) is 0 Å². The molecule has 0 aliphatic carbocycles. The van der Waals surface area contributed by atoms with E-state index in [1.807, 2.05) is 0 Å². The highest BCUT2D eigenvalue weighted by atomic mass is 16.1. The van der Waals surface area contributed by atoms with Crippen LogP contribution >= 0.6 is 0 Å². The summed E-state index contributed by atoms with van der Waals surface area (Å²) in [5.74, 6) is 0.864. The number of piperidine rings is 1. The molecule has 2 saturated heterocycles. The van der Waals surface area contributed by atoms with Crippen LogP contribution in [-0.2, 0) is 4.79 Å². The number of nitrogens with one attached hydrogen (secondary N) is 1. The van der Waals surface area contributed by atoms with E-state index in [0.29, 0.717) is 12.3 Å². The van der Waals surface area contributed by atoms with Crippen LogP contribution in [0.1, 0.15) is 85.5 Å². The fourth-order valence-corrected chi connectivity index (χ4v) is 5.14. The molecular formula is C26H45N2O+. The van der Waals surface area contributed by atoms with Crippen LogP contribution in [0.3, 0.4) is 0 Å². The second-order valence-electron chi connectivity index (χ2n) is 10.0. The first-order valence-corrected chi connectivity index (χ1v) is 11.9. The lowest BCUT2D eigenvalue weighted by Gasteiger charge is -2.41. The number of quaternary nitrogens is 1. The minimum atomic E-state index is 0.190. The molecule has 2 aliphatic heterocycles. The zero-order valence-electron chi connectivity index (χ0n) is 19.7. The van der Waals surface area contributed by atoms with Crippen molar-refractivity contribution in [3.63, 3.8) is 0 Å². The maximum absolute atomic E-state index is 12.3. The van der Waals surface area contributed by atoms with E-state index in [-0.39, 0.29) is 5.91 Å². The lowest BCUT2D eigenvalue weighted by Crippen LogP contribution is -2.53. The first-order chi connectivity index (χ1) is 13.8. The highest BCUT2D eigenvalue weighted by Crippen LogP contribution is 2.36. The topological polar surface area (TPSA) is 29.1 Å². The summed E-state index contributed by atoms with van der Waals surface area (Å²) in [6, 6.07) is 0.771. The summed E-state index contributed by atoms with van der Waals surface area (Å²) in [6.45, 7) is 12.2. The Bertz CT molecular complexity index is 627. The molecule has 0 aromatic heterocycles. The Morgan fingerprint density at radius 1 is 0.931 bits per heavy atom. The molecule has 0 unspecified atom stereocenters. The van der Waals surface area contributed by atoms with Crippen molar-refractivity contribution in [2.24, 2.45) is 5.92 Å². The molecule has 29 heavy (non-hydrogen) atoms. The van der Waals surface area contributed by atoms with E-state index < -0.39 is 0 Å². The summed E-state index contributed by atoms with van der Waals surface area (Å²) in [7, 11) is 2.43. The van der Waals surface area contributed by atoms with Crippen LogP contribution < -0.4 is 5.32 Å². The summed E-state index contributed by atoms with van der Waals surface area (Å²) < 4.78 is 1.25. The fraction of sp³-hybridized carbons (Fsp3) is 0.731. The Hall–Kier alpha value is -1.35. The van der Waals surface area contributed by atoms with Crippen LogP contribution in [0.2, 0.25) is 0 Å². The molecule has 2 fully saturated rings. The molecule has 1 N–H and O–H groups in total. The number of nitrogens with zero attached hydrogens (tertiary/aromatic N) is 1. The van der Waals surface area contributed by atoms with Crippen molar-refractivity contribution in [1.82, 2.24) is 5.32 Å². The Morgan fingerprint density at radius 2 is 1.62 bits per heavy atom. The predicted molar refractivity (Wildman–Crippen MR) is 125 cm³/mol. The van der Waals surface area contributed by atoms with E-state index >= 15 is 0 Å². The zero-order chi connectivity index (χ0) is 21.3. The first-order valence-electron chi connectivity index (χ1n) is 11.9. The van der Waals surface area contributed by atoms with Crippen molar-refractivity contribution >= 4 is 5.91 Å². The molecule has 0 bridgehead atoms. The summed E-state index contributed by atoms with van der Waals surface area (Å²) in [5, 5.41) is 3.23. The summed E-state index contributed by atoms with van der Waals surface area (Å²) in [4.78, 5) is 12.3. The van der Waals surface area contributed by atoms with E-state index in [1.54, 1.807) is 0 Å². The Labute approximate surface area is 179 Å². The first kappa shape index (κ1) is 23.9. The van der Waals surface area contributed by atoms with Gasteiger partial charge in [0, 0.05) is 31.7 Å². The number of hydrogen-bond donors (Lipinski definition) is 1.